The molecule has 1 aromatic heterocycles. The predicted octanol–water partition coefficient (Wildman–Crippen LogP) is 5.95. The molecule has 0 bridgehead atoms. The summed E-state index contributed by atoms with van der Waals surface area (Å²) in [5.41, 5.74) is 3.68. The first-order valence-electron chi connectivity index (χ1n) is 10.8. The summed E-state index contributed by atoms with van der Waals surface area (Å²) < 4.78 is 7.36. The molecule has 1 atom stereocenters. The molecule has 4 rings (SSSR count). The fourth-order valence-corrected chi connectivity index (χ4v) is 4.50. The Hall–Kier alpha value is -3.29. The van der Waals surface area contributed by atoms with Crippen LogP contribution in [0.3, 0.4) is 0 Å². The zero-order chi connectivity index (χ0) is 24.1. The number of nitrogens with one attached hydrogen (secondary N) is 1. The minimum Gasteiger partial charge on any atom is -0.495 e. The minimum absolute atomic E-state index is 0.149. The van der Waals surface area contributed by atoms with E-state index in [0.29, 0.717) is 28.0 Å². The lowest BCUT2D eigenvalue weighted by Crippen LogP contribution is -2.23. The maximum Gasteiger partial charge on any atom is 0.237 e. The van der Waals surface area contributed by atoms with Gasteiger partial charge in [0.25, 0.3) is 0 Å². The molecule has 0 saturated carbocycles. The van der Waals surface area contributed by atoms with Crippen molar-refractivity contribution in [3.05, 3.63) is 94.8 Å². The molecule has 1 unspecified atom stereocenters. The largest absolute Gasteiger partial charge is 0.495 e. The van der Waals surface area contributed by atoms with Gasteiger partial charge in [-0.1, -0.05) is 59.8 Å². The van der Waals surface area contributed by atoms with E-state index in [2.05, 4.69) is 27.6 Å². The number of anilines is 1. The molecule has 1 heterocycles. The number of halogens is 1. The van der Waals surface area contributed by atoms with Gasteiger partial charge in [0.1, 0.15) is 11.6 Å². The Kier molecular flexibility index (Phi) is 7.55. The molecule has 1 N–H and O–H groups in total. The maximum absolute atomic E-state index is 13.0. The lowest BCUT2D eigenvalue weighted by atomic mass is 10.1. The molecule has 0 fully saturated rings. The van der Waals surface area contributed by atoms with E-state index in [1.807, 2.05) is 79.1 Å². The Bertz CT molecular complexity index is 1280. The van der Waals surface area contributed by atoms with Crippen molar-refractivity contribution in [3.63, 3.8) is 0 Å². The highest BCUT2D eigenvalue weighted by atomic mass is 35.5. The number of rotatable bonds is 8. The second kappa shape index (κ2) is 10.8. The van der Waals surface area contributed by atoms with E-state index in [-0.39, 0.29) is 5.91 Å². The van der Waals surface area contributed by atoms with Crippen LogP contribution in [0.25, 0.3) is 5.69 Å². The Labute approximate surface area is 208 Å². The van der Waals surface area contributed by atoms with Crippen LogP contribution in [0.4, 0.5) is 5.69 Å². The van der Waals surface area contributed by atoms with Crippen molar-refractivity contribution in [2.24, 2.45) is 0 Å². The zero-order valence-corrected chi connectivity index (χ0v) is 20.7. The molecule has 4 aromatic rings. The fraction of sp³-hybridized carbons (Fsp3) is 0.192. The second-order valence-corrected chi connectivity index (χ2v) is 9.57. The Balaban J connectivity index is 1.60. The van der Waals surface area contributed by atoms with Gasteiger partial charge in [-0.25, -0.2) is 0 Å². The third kappa shape index (κ3) is 5.61. The smallest absolute Gasteiger partial charge is 0.237 e. The highest BCUT2D eigenvalue weighted by Crippen LogP contribution is 2.30. The first-order chi connectivity index (χ1) is 16.4. The highest BCUT2D eigenvalue weighted by molar-refractivity contribution is 8.00. The van der Waals surface area contributed by atoms with Crippen LogP contribution in [0.2, 0.25) is 5.02 Å². The van der Waals surface area contributed by atoms with Gasteiger partial charge in [-0.15, -0.1) is 10.2 Å². The quantitative estimate of drug-likeness (QED) is 0.308. The summed E-state index contributed by atoms with van der Waals surface area (Å²) in [5.74, 6) is 1.25. The van der Waals surface area contributed by atoms with E-state index in [0.717, 1.165) is 22.6 Å². The fourth-order valence-electron chi connectivity index (χ4n) is 3.48. The molecule has 0 aliphatic carbocycles. The molecule has 0 radical (unpaired) electrons. The lowest BCUT2D eigenvalue weighted by molar-refractivity contribution is -0.115. The van der Waals surface area contributed by atoms with Crippen LogP contribution in [0.15, 0.2) is 78.0 Å². The van der Waals surface area contributed by atoms with Crippen molar-refractivity contribution >= 4 is 35.0 Å². The van der Waals surface area contributed by atoms with Crippen LogP contribution in [0.5, 0.6) is 5.75 Å². The number of carbonyl (C=O) groups excluding carboxylic acids is 1. The molecule has 0 aliphatic rings. The summed E-state index contributed by atoms with van der Waals surface area (Å²) in [7, 11) is 1.58. The SMILES string of the molecule is COc1ccc(C)cc1NC(=O)C(C)Sc1nnc(Cc2ccccc2)n1-c1ccc(Cl)cc1. The molecular formula is C26H25ClN4O2S. The Morgan fingerprint density at radius 3 is 2.53 bits per heavy atom. The van der Waals surface area contributed by atoms with Crippen LogP contribution in [-0.4, -0.2) is 33.0 Å². The average Bonchev–Trinajstić information content (AvgIpc) is 3.22. The van der Waals surface area contributed by atoms with E-state index < -0.39 is 5.25 Å². The highest BCUT2D eigenvalue weighted by Gasteiger charge is 2.22. The summed E-state index contributed by atoms with van der Waals surface area (Å²) in [5, 5.41) is 12.7. The molecule has 0 saturated heterocycles. The summed E-state index contributed by atoms with van der Waals surface area (Å²) >= 11 is 7.46. The number of amides is 1. The molecule has 34 heavy (non-hydrogen) atoms. The molecule has 6 nitrogen and oxygen atoms in total. The Morgan fingerprint density at radius 1 is 1.09 bits per heavy atom. The van der Waals surface area contributed by atoms with Crippen LogP contribution in [0.1, 0.15) is 23.9 Å². The van der Waals surface area contributed by atoms with Gasteiger partial charge in [0, 0.05) is 17.1 Å². The van der Waals surface area contributed by atoms with Crippen molar-refractivity contribution in [2.45, 2.75) is 30.7 Å². The molecule has 3 aromatic carbocycles. The number of hydrogen-bond acceptors (Lipinski definition) is 5. The van der Waals surface area contributed by atoms with Crippen LogP contribution in [-0.2, 0) is 11.2 Å². The van der Waals surface area contributed by atoms with Gasteiger partial charge in [0.15, 0.2) is 5.16 Å². The van der Waals surface area contributed by atoms with Crippen molar-refractivity contribution < 1.29 is 9.53 Å². The predicted molar refractivity (Wildman–Crippen MR) is 137 cm³/mol. The van der Waals surface area contributed by atoms with E-state index >= 15 is 0 Å². The van der Waals surface area contributed by atoms with Gasteiger partial charge in [-0.2, -0.15) is 0 Å². The average molecular weight is 493 g/mol. The molecule has 8 heteroatoms. The lowest BCUT2D eigenvalue weighted by Gasteiger charge is -2.15. The summed E-state index contributed by atoms with van der Waals surface area (Å²) in [6.07, 6.45) is 0.609. The first kappa shape index (κ1) is 23.9. The molecular weight excluding hydrogens is 468 g/mol. The molecule has 0 spiro atoms. The zero-order valence-electron chi connectivity index (χ0n) is 19.2. The number of hydrogen-bond donors (Lipinski definition) is 1. The van der Waals surface area contributed by atoms with Crippen molar-refractivity contribution in [1.82, 2.24) is 14.8 Å². The monoisotopic (exact) mass is 492 g/mol. The summed E-state index contributed by atoms with van der Waals surface area (Å²) in [4.78, 5) is 13.0. The second-order valence-electron chi connectivity index (χ2n) is 7.83. The first-order valence-corrected chi connectivity index (χ1v) is 12.1. The number of methoxy groups -OCH3 is 1. The molecule has 1 amide bonds. The van der Waals surface area contributed by atoms with Gasteiger partial charge >= 0.3 is 0 Å². The van der Waals surface area contributed by atoms with Gasteiger partial charge in [-0.05, 0) is 61.4 Å². The topological polar surface area (TPSA) is 69.0 Å². The third-order valence-electron chi connectivity index (χ3n) is 5.25. The van der Waals surface area contributed by atoms with Crippen molar-refractivity contribution in [1.29, 1.82) is 0 Å². The molecule has 0 aliphatic heterocycles. The normalized spacial score (nSPS) is 11.8. The van der Waals surface area contributed by atoms with E-state index in [9.17, 15) is 4.79 Å². The maximum atomic E-state index is 13.0. The van der Waals surface area contributed by atoms with Gasteiger partial charge in [0.05, 0.1) is 18.0 Å². The standard InChI is InChI=1S/C26H25ClN4O2S/c1-17-9-14-23(33-3)22(15-17)28-25(32)18(2)34-26-30-29-24(16-19-7-5-4-6-8-19)31(26)21-12-10-20(27)11-13-21/h4-15,18H,16H2,1-3H3,(H,28,32). The number of ether oxygens (including phenoxy) is 1. The van der Waals surface area contributed by atoms with Gasteiger partial charge in [0.2, 0.25) is 5.91 Å². The summed E-state index contributed by atoms with van der Waals surface area (Å²) in [6.45, 7) is 3.82. The summed E-state index contributed by atoms with van der Waals surface area (Å²) in [6, 6.07) is 23.3. The minimum atomic E-state index is -0.426. The Morgan fingerprint density at radius 2 is 1.82 bits per heavy atom. The van der Waals surface area contributed by atoms with Crippen molar-refractivity contribution in [2.75, 3.05) is 12.4 Å². The van der Waals surface area contributed by atoms with E-state index in [1.165, 1.54) is 11.8 Å². The number of carbonyl (C=O) groups is 1. The number of aryl methyl sites for hydroxylation is 1. The molecule has 174 valence electrons. The van der Waals surface area contributed by atoms with E-state index in [1.54, 1.807) is 7.11 Å². The number of aromatic nitrogens is 3. The van der Waals surface area contributed by atoms with Gasteiger partial charge in [-0.3, -0.25) is 9.36 Å². The van der Waals surface area contributed by atoms with Crippen LogP contribution >= 0.6 is 23.4 Å². The van der Waals surface area contributed by atoms with Crippen molar-refractivity contribution in [3.8, 4) is 11.4 Å². The number of thioether (sulfide) groups is 1. The van der Waals surface area contributed by atoms with E-state index in [4.69, 9.17) is 16.3 Å². The van der Waals surface area contributed by atoms with Crippen LogP contribution < -0.4 is 10.1 Å². The van der Waals surface area contributed by atoms with Gasteiger partial charge < -0.3 is 10.1 Å². The van der Waals surface area contributed by atoms with Crippen LogP contribution in [0, 0.1) is 6.92 Å². The number of benzene rings is 3. The number of nitrogens with zero attached hydrogens (tertiary/aromatic N) is 3. The third-order valence-corrected chi connectivity index (χ3v) is 6.55.